The fourth-order valence-corrected chi connectivity index (χ4v) is 6.13. The molecule has 0 aromatic carbocycles. The number of carbonyl (C=O) groups is 2. The van der Waals surface area contributed by atoms with Crippen LogP contribution in [0.15, 0.2) is 12.4 Å². The van der Waals surface area contributed by atoms with Gasteiger partial charge in [0, 0.05) is 44.8 Å². The molecule has 14 heteroatoms. The van der Waals surface area contributed by atoms with E-state index in [0.29, 0.717) is 63.0 Å². The molecule has 4 saturated heterocycles. The largest absolute Gasteiger partial charge is 0.402 e. The van der Waals surface area contributed by atoms with Gasteiger partial charge in [0.2, 0.25) is 17.8 Å². The number of likely N-dealkylation sites (tertiary alicyclic amines) is 1. The van der Waals surface area contributed by atoms with E-state index in [0.717, 1.165) is 6.42 Å². The highest BCUT2D eigenvalue weighted by Crippen LogP contribution is 2.38. The standard InChI is InChI=1S/C23H31ClF3N7O3/c24-14-11-28-22(29-12-14)33-8-6-32(7-9-33)19(35)10-15-3-4-18(37-15)16-2-1-5-34(16)17-13-30-31-21(36)20(17)23(25,26)27/h11-12,15-18,20,30H,1-10,13H2,(H,31,36)/t15-,16-,17?,18+,20?/m0/s1. The summed E-state index contributed by atoms with van der Waals surface area (Å²) in [5.41, 5.74) is 4.74. The molecule has 2 unspecified atom stereocenters. The SMILES string of the molecule is O=C1NNCC(N2CCC[C@H]2[C@H]2CC[C@@H](CC(=O)N3CCN(c4ncc(Cl)cn4)CC3)O2)C1C(F)(F)F. The summed E-state index contributed by atoms with van der Waals surface area (Å²) in [6.45, 7) is 2.83. The second-order valence-electron chi connectivity index (χ2n) is 10.1. The van der Waals surface area contributed by atoms with Gasteiger partial charge in [-0.3, -0.25) is 19.9 Å². The van der Waals surface area contributed by atoms with E-state index < -0.39 is 24.0 Å². The number of rotatable bonds is 5. The molecule has 0 saturated carbocycles. The molecule has 10 nitrogen and oxygen atoms in total. The van der Waals surface area contributed by atoms with Gasteiger partial charge in [-0.25, -0.2) is 15.4 Å². The molecule has 0 aliphatic carbocycles. The highest BCUT2D eigenvalue weighted by Gasteiger charge is 2.55. The van der Waals surface area contributed by atoms with Gasteiger partial charge in [0.05, 0.1) is 36.0 Å². The van der Waals surface area contributed by atoms with E-state index in [2.05, 4.69) is 20.8 Å². The number of hydrogen-bond acceptors (Lipinski definition) is 8. The molecule has 4 aliphatic rings. The number of piperazine rings is 1. The molecule has 5 heterocycles. The molecule has 2 amide bonds. The Labute approximate surface area is 217 Å². The van der Waals surface area contributed by atoms with E-state index in [9.17, 15) is 22.8 Å². The van der Waals surface area contributed by atoms with Crippen molar-refractivity contribution in [2.75, 3.05) is 44.2 Å². The second kappa shape index (κ2) is 10.9. The normalized spacial score (nSPS) is 31.6. The Balaban J connectivity index is 1.14. The Morgan fingerprint density at radius 1 is 1.08 bits per heavy atom. The number of amides is 2. The van der Waals surface area contributed by atoms with E-state index >= 15 is 0 Å². The quantitative estimate of drug-likeness (QED) is 0.572. The molecule has 204 valence electrons. The van der Waals surface area contributed by atoms with Crippen molar-refractivity contribution in [3.63, 3.8) is 0 Å². The van der Waals surface area contributed by atoms with Crippen LogP contribution in [0.2, 0.25) is 5.02 Å². The van der Waals surface area contributed by atoms with Gasteiger partial charge in [0.15, 0.2) is 5.92 Å². The molecule has 0 radical (unpaired) electrons. The van der Waals surface area contributed by atoms with E-state index in [1.807, 2.05) is 9.80 Å². The first-order valence-electron chi connectivity index (χ1n) is 12.7. The van der Waals surface area contributed by atoms with Crippen LogP contribution in [0.25, 0.3) is 0 Å². The van der Waals surface area contributed by atoms with E-state index in [4.69, 9.17) is 16.3 Å². The predicted octanol–water partition coefficient (Wildman–Crippen LogP) is 1.36. The Morgan fingerprint density at radius 3 is 2.51 bits per heavy atom. The summed E-state index contributed by atoms with van der Waals surface area (Å²) in [6, 6.07) is -1.18. The van der Waals surface area contributed by atoms with E-state index in [1.54, 1.807) is 17.3 Å². The minimum absolute atomic E-state index is 0.0101. The molecular weight excluding hydrogens is 515 g/mol. The average molecular weight is 546 g/mol. The fourth-order valence-electron chi connectivity index (χ4n) is 6.03. The van der Waals surface area contributed by atoms with Gasteiger partial charge in [-0.15, -0.1) is 0 Å². The lowest BCUT2D eigenvalue weighted by Gasteiger charge is -2.42. The van der Waals surface area contributed by atoms with Gasteiger partial charge < -0.3 is 14.5 Å². The summed E-state index contributed by atoms with van der Waals surface area (Å²) in [6.07, 6.45) is 1.03. The lowest BCUT2D eigenvalue weighted by atomic mass is 9.93. The van der Waals surface area contributed by atoms with Gasteiger partial charge in [-0.1, -0.05) is 11.6 Å². The first-order valence-corrected chi connectivity index (χ1v) is 13.1. The maximum atomic E-state index is 13.7. The van der Waals surface area contributed by atoms with Gasteiger partial charge in [0.1, 0.15) is 0 Å². The maximum Gasteiger partial charge on any atom is 0.402 e. The van der Waals surface area contributed by atoms with Crippen molar-refractivity contribution in [1.29, 1.82) is 0 Å². The number of hydrazine groups is 1. The third-order valence-corrected chi connectivity index (χ3v) is 8.00. The van der Waals surface area contributed by atoms with E-state index in [1.165, 1.54) is 0 Å². The van der Waals surface area contributed by atoms with E-state index in [-0.39, 0.29) is 37.1 Å². The molecule has 2 N–H and O–H groups in total. The van der Waals surface area contributed by atoms with Crippen LogP contribution in [0, 0.1) is 5.92 Å². The summed E-state index contributed by atoms with van der Waals surface area (Å²) in [5.74, 6) is -2.54. The minimum Gasteiger partial charge on any atom is -0.373 e. The Kier molecular flexibility index (Phi) is 7.75. The van der Waals surface area contributed by atoms with Crippen molar-refractivity contribution >= 4 is 29.4 Å². The lowest BCUT2D eigenvalue weighted by molar-refractivity contribution is -0.202. The number of alkyl halides is 3. The number of nitrogens with one attached hydrogen (secondary N) is 2. The first-order chi connectivity index (χ1) is 17.7. The maximum absolute atomic E-state index is 13.7. The van der Waals surface area contributed by atoms with Crippen LogP contribution in [-0.2, 0) is 14.3 Å². The van der Waals surface area contributed by atoms with Gasteiger partial charge in [0.25, 0.3) is 0 Å². The molecule has 37 heavy (non-hydrogen) atoms. The molecule has 4 aliphatic heterocycles. The summed E-state index contributed by atoms with van der Waals surface area (Å²) in [4.78, 5) is 39.1. The molecule has 1 aromatic rings. The van der Waals surface area contributed by atoms with Crippen molar-refractivity contribution < 1.29 is 27.5 Å². The number of nitrogens with zero attached hydrogens (tertiary/aromatic N) is 5. The van der Waals surface area contributed by atoms with Crippen molar-refractivity contribution in [2.24, 2.45) is 5.92 Å². The Bertz CT molecular complexity index is 977. The first kappa shape index (κ1) is 26.4. The number of carbonyl (C=O) groups excluding carboxylic acids is 2. The number of aromatic nitrogens is 2. The fraction of sp³-hybridized carbons (Fsp3) is 0.739. The zero-order valence-corrected chi connectivity index (χ0v) is 21.0. The van der Waals surface area contributed by atoms with Crippen LogP contribution in [0.3, 0.4) is 0 Å². The molecular formula is C23H31ClF3N7O3. The lowest BCUT2D eigenvalue weighted by Crippen LogP contribution is -2.65. The minimum atomic E-state index is -4.63. The van der Waals surface area contributed by atoms with Crippen LogP contribution in [0.1, 0.15) is 32.1 Å². The monoisotopic (exact) mass is 545 g/mol. The van der Waals surface area contributed by atoms with Crippen molar-refractivity contribution in [3.8, 4) is 0 Å². The third kappa shape index (κ3) is 5.79. The summed E-state index contributed by atoms with van der Waals surface area (Å²) < 4.78 is 47.4. The van der Waals surface area contributed by atoms with Crippen LogP contribution >= 0.6 is 11.6 Å². The summed E-state index contributed by atoms with van der Waals surface area (Å²) in [5, 5.41) is 0.467. The third-order valence-electron chi connectivity index (χ3n) is 7.80. The zero-order chi connectivity index (χ0) is 26.2. The number of anilines is 1. The van der Waals surface area contributed by atoms with Crippen LogP contribution in [0.4, 0.5) is 19.1 Å². The molecule has 0 spiro atoms. The van der Waals surface area contributed by atoms with Crippen molar-refractivity contribution in [1.82, 2.24) is 30.6 Å². The topological polar surface area (TPSA) is 103 Å². The van der Waals surface area contributed by atoms with Gasteiger partial charge in [-0.2, -0.15) is 13.2 Å². The van der Waals surface area contributed by atoms with Gasteiger partial charge >= 0.3 is 6.18 Å². The number of ether oxygens (including phenoxy) is 1. The predicted molar refractivity (Wildman–Crippen MR) is 128 cm³/mol. The van der Waals surface area contributed by atoms with Crippen LogP contribution in [-0.4, -0.2) is 101 Å². The number of hydrogen-bond donors (Lipinski definition) is 2. The molecule has 1 aromatic heterocycles. The van der Waals surface area contributed by atoms with Crippen LogP contribution in [0.5, 0.6) is 0 Å². The highest BCUT2D eigenvalue weighted by molar-refractivity contribution is 6.30. The molecule has 5 rings (SSSR count). The van der Waals surface area contributed by atoms with Gasteiger partial charge in [-0.05, 0) is 32.2 Å². The highest BCUT2D eigenvalue weighted by atomic mass is 35.5. The second-order valence-corrected chi connectivity index (χ2v) is 10.5. The van der Waals surface area contributed by atoms with Crippen molar-refractivity contribution in [2.45, 2.75) is 62.6 Å². The number of halogens is 4. The zero-order valence-electron chi connectivity index (χ0n) is 20.3. The molecule has 0 bridgehead atoms. The average Bonchev–Trinajstić information content (AvgIpc) is 3.53. The molecule has 4 fully saturated rings. The summed E-state index contributed by atoms with van der Waals surface area (Å²) >= 11 is 5.85. The smallest absolute Gasteiger partial charge is 0.373 e. The Hall–Kier alpha value is -2.22. The Morgan fingerprint density at radius 2 is 1.81 bits per heavy atom. The van der Waals surface area contributed by atoms with Crippen LogP contribution < -0.4 is 15.8 Å². The van der Waals surface area contributed by atoms with Crippen molar-refractivity contribution in [3.05, 3.63) is 17.4 Å². The molecule has 5 atom stereocenters. The summed E-state index contributed by atoms with van der Waals surface area (Å²) in [7, 11) is 0.